The Kier molecular flexibility index (Phi) is 4.18. The van der Waals surface area contributed by atoms with E-state index in [9.17, 15) is 0 Å². The summed E-state index contributed by atoms with van der Waals surface area (Å²) >= 11 is 0. The number of rotatable bonds is 5. The first kappa shape index (κ1) is 15.4. The van der Waals surface area contributed by atoms with E-state index in [0.29, 0.717) is 0 Å². The van der Waals surface area contributed by atoms with E-state index in [1.165, 1.54) is 0 Å². The standard InChI is InChI=1S/C19H18N6/c20-17(14-4-2-1-3-5-14)8-6-15-13-25(24-23-15)16-7-9-18-19(12-16)22-11-10-21-18/h1-5,7,9-13,17H,6,8,20H2. The number of aromatic nitrogens is 5. The van der Waals surface area contributed by atoms with Crippen molar-refractivity contribution in [1.29, 1.82) is 0 Å². The van der Waals surface area contributed by atoms with Gasteiger partial charge in [0.2, 0.25) is 0 Å². The smallest absolute Gasteiger partial charge is 0.0908 e. The molecule has 6 nitrogen and oxygen atoms in total. The molecule has 2 aromatic heterocycles. The van der Waals surface area contributed by atoms with Gasteiger partial charge in [-0.05, 0) is 36.6 Å². The summed E-state index contributed by atoms with van der Waals surface area (Å²) in [4.78, 5) is 8.60. The largest absolute Gasteiger partial charge is 0.324 e. The van der Waals surface area contributed by atoms with E-state index in [4.69, 9.17) is 5.73 Å². The number of aryl methyl sites for hydroxylation is 1. The minimum atomic E-state index is 0.00212. The van der Waals surface area contributed by atoms with Gasteiger partial charge in [-0.15, -0.1) is 5.10 Å². The van der Waals surface area contributed by atoms with Gasteiger partial charge in [0.05, 0.1) is 28.6 Å². The molecule has 0 fully saturated rings. The zero-order chi connectivity index (χ0) is 17.1. The molecule has 0 aliphatic rings. The minimum Gasteiger partial charge on any atom is -0.324 e. The number of hydrogen-bond acceptors (Lipinski definition) is 5. The van der Waals surface area contributed by atoms with Crippen molar-refractivity contribution in [3.05, 3.63) is 78.4 Å². The number of fused-ring (bicyclic) bond motifs is 1. The molecule has 4 aromatic rings. The lowest BCUT2D eigenvalue weighted by Crippen LogP contribution is -2.11. The van der Waals surface area contributed by atoms with Crippen LogP contribution in [-0.2, 0) is 6.42 Å². The molecule has 0 bridgehead atoms. The van der Waals surface area contributed by atoms with E-state index < -0.39 is 0 Å². The highest BCUT2D eigenvalue weighted by molar-refractivity contribution is 5.76. The molecule has 0 saturated carbocycles. The normalized spacial score (nSPS) is 12.4. The van der Waals surface area contributed by atoms with Crippen molar-refractivity contribution < 1.29 is 0 Å². The lowest BCUT2D eigenvalue weighted by atomic mass is 10.0. The summed E-state index contributed by atoms with van der Waals surface area (Å²) in [5.41, 5.74) is 10.9. The lowest BCUT2D eigenvalue weighted by Gasteiger charge is -2.10. The molecule has 25 heavy (non-hydrogen) atoms. The molecule has 0 amide bonds. The van der Waals surface area contributed by atoms with Crippen LogP contribution in [0.1, 0.15) is 23.7 Å². The molecule has 0 aliphatic carbocycles. The van der Waals surface area contributed by atoms with Gasteiger partial charge in [0.15, 0.2) is 0 Å². The van der Waals surface area contributed by atoms with Crippen LogP contribution in [0.25, 0.3) is 16.7 Å². The molecule has 0 aliphatic heterocycles. The maximum absolute atomic E-state index is 6.25. The third-order valence-corrected chi connectivity index (χ3v) is 4.20. The van der Waals surface area contributed by atoms with Gasteiger partial charge in [0, 0.05) is 18.4 Å². The lowest BCUT2D eigenvalue weighted by molar-refractivity contribution is 0.642. The molecular formula is C19H18N6. The van der Waals surface area contributed by atoms with Crippen LogP contribution in [0.2, 0.25) is 0 Å². The van der Waals surface area contributed by atoms with Crippen molar-refractivity contribution in [3.63, 3.8) is 0 Å². The van der Waals surface area contributed by atoms with E-state index in [0.717, 1.165) is 40.8 Å². The van der Waals surface area contributed by atoms with Crippen LogP contribution in [0.4, 0.5) is 0 Å². The van der Waals surface area contributed by atoms with Crippen LogP contribution < -0.4 is 5.73 Å². The maximum atomic E-state index is 6.25. The van der Waals surface area contributed by atoms with E-state index in [-0.39, 0.29) is 6.04 Å². The molecule has 2 aromatic carbocycles. The van der Waals surface area contributed by atoms with Crippen LogP contribution in [0.3, 0.4) is 0 Å². The predicted octanol–water partition coefficient (Wildman–Crippen LogP) is 2.84. The number of benzene rings is 2. The Labute approximate surface area is 145 Å². The summed E-state index contributed by atoms with van der Waals surface area (Å²) in [6.45, 7) is 0. The Hall–Kier alpha value is -3.12. The fraction of sp³-hybridized carbons (Fsp3) is 0.158. The Morgan fingerprint density at radius 3 is 2.60 bits per heavy atom. The second-order valence-corrected chi connectivity index (χ2v) is 5.94. The molecule has 1 atom stereocenters. The molecule has 0 spiro atoms. The van der Waals surface area contributed by atoms with Crippen LogP contribution in [0.15, 0.2) is 67.1 Å². The molecule has 124 valence electrons. The third kappa shape index (κ3) is 3.39. The van der Waals surface area contributed by atoms with E-state index >= 15 is 0 Å². The van der Waals surface area contributed by atoms with Gasteiger partial charge >= 0.3 is 0 Å². The van der Waals surface area contributed by atoms with Crippen LogP contribution in [-0.4, -0.2) is 25.0 Å². The SMILES string of the molecule is NC(CCc1cn(-c2ccc3nccnc3c2)nn1)c1ccccc1. The molecule has 6 heteroatoms. The first-order chi connectivity index (χ1) is 12.3. The van der Waals surface area contributed by atoms with E-state index in [1.54, 1.807) is 17.1 Å². The Balaban J connectivity index is 1.48. The van der Waals surface area contributed by atoms with Gasteiger partial charge in [0.1, 0.15) is 0 Å². The van der Waals surface area contributed by atoms with Crippen molar-refractivity contribution in [2.75, 3.05) is 0 Å². The monoisotopic (exact) mass is 330 g/mol. The van der Waals surface area contributed by atoms with Gasteiger partial charge in [-0.25, -0.2) is 4.68 Å². The number of nitrogens with zero attached hydrogens (tertiary/aromatic N) is 5. The number of hydrogen-bond donors (Lipinski definition) is 1. The first-order valence-electron chi connectivity index (χ1n) is 8.22. The van der Waals surface area contributed by atoms with Crippen molar-refractivity contribution in [2.24, 2.45) is 5.73 Å². The summed E-state index contributed by atoms with van der Waals surface area (Å²) in [5, 5.41) is 8.48. The molecule has 2 N–H and O–H groups in total. The Morgan fingerprint density at radius 1 is 0.960 bits per heavy atom. The van der Waals surface area contributed by atoms with Gasteiger partial charge in [-0.3, -0.25) is 9.97 Å². The average Bonchev–Trinajstić information content (AvgIpc) is 3.15. The van der Waals surface area contributed by atoms with Crippen molar-refractivity contribution >= 4 is 11.0 Å². The second kappa shape index (κ2) is 6.78. The van der Waals surface area contributed by atoms with Crippen molar-refractivity contribution in [1.82, 2.24) is 25.0 Å². The first-order valence-corrected chi connectivity index (χ1v) is 8.22. The Bertz CT molecular complexity index is 979. The molecule has 0 saturated heterocycles. The van der Waals surface area contributed by atoms with Gasteiger partial charge in [-0.1, -0.05) is 35.5 Å². The molecule has 0 radical (unpaired) electrons. The average molecular weight is 330 g/mol. The summed E-state index contributed by atoms with van der Waals surface area (Å²) in [6, 6.07) is 16.0. The fourth-order valence-corrected chi connectivity index (χ4v) is 2.80. The van der Waals surface area contributed by atoms with Crippen LogP contribution in [0, 0.1) is 0 Å². The second-order valence-electron chi connectivity index (χ2n) is 5.94. The zero-order valence-corrected chi connectivity index (χ0v) is 13.7. The summed E-state index contributed by atoms with van der Waals surface area (Å²) in [5.74, 6) is 0. The highest BCUT2D eigenvalue weighted by Crippen LogP contribution is 2.17. The minimum absolute atomic E-state index is 0.00212. The summed E-state index contributed by atoms with van der Waals surface area (Å²) in [7, 11) is 0. The van der Waals surface area contributed by atoms with Gasteiger partial charge < -0.3 is 5.73 Å². The quantitative estimate of drug-likeness (QED) is 0.608. The fourth-order valence-electron chi connectivity index (χ4n) is 2.80. The summed E-state index contributed by atoms with van der Waals surface area (Å²) < 4.78 is 1.76. The van der Waals surface area contributed by atoms with Crippen LogP contribution in [0.5, 0.6) is 0 Å². The van der Waals surface area contributed by atoms with E-state index in [1.807, 2.05) is 42.6 Å². The predicted molar refractivity (Wildman–Crippen MR) is 96.1 cm³/mol. The third-order valence-electron chi connectivity index (χ3n) is 4.20. The molecule has 1 unspecified atom stereocenters. The molecule has 4 rings (SSSR count). The highest BCUT2D eigenvalue weighted by Gasteiger charge is 2.09. The summed E-state index contributed by atoms with van der Waals surface area (Å²) in [6.07, 6.45) is 6.92. The molecular weight excluding hydrogens is 312 g/mol. The van der Waals surface area contributed by atoms with Crippen LogP contribution >= 0.6 is 0 Å². The Morgan fingerprint density at radius 2 is 1.76 bits per heavy atom. The molecule has 2 heterocycles. The maximum Gasteiger partial charge on any atom is 0.0908 e. The highest BCUT2D eigenvalue weighted by atomic mass is 15.4. The van der Waals surface area contributed by atoms with Crippen molar-refractivity contribution in [2.45, 2.75) is 18.9 Å². The number of nitrogens with two attached hydrogens (primary N) is 1. The van der Waals surface area contributed by atoms with Crippen molar-refractivity contribution in [3.8, 4) is 5.69 Å². The topological polar surface area (TPSA) is 82.5 Å². The van der Waals surface area contributed by atoms with Gasteiger partial charge in [0.25, 0.3) is 0 Å². The van der Waals surface area contributed by atoms with Gasteiger partial charge in [-0.2, -0.15) is 0 Å². The van der Waals surface area contributed by atoms with E-state index in [2.05, 4.69) is 32.4 Å². The zero-order valence-electron chi connectivity index (χ0n) is 13.7.